The molecule has 1 saturated carbocycles. The molecule has 0 aliphatic heterocycles. The number of anilines is 1. The van der Waals surface area contributed by atoms with E-state index in [-0.39, 0.29) is 24.2 Å². The number of carbonyl (C=O) groups excluding carboxylic acids is 2. The van der Waals surface area contributed by atoms with E-state index in [4.69, 9.17) is 9.47 Å². The number of methoxy groups -OCH3 is 2. The number of rotatable bonds is 7. The Labute approximate surface area is 156 Å². The lowest BCUT2D eigenvalue weighted by atomic mass is 10.0. The van der Waals surface area contributed by atoms with Gasteiger partial charge in [0.25, 0.3) is 0 Å². The Balaban J connectivity index is 1.61. The van der Waals surface area contributed by atoms with Gasteiger partial charge in [-0.25, -0.2) is 4.39 Å². The van der Waals surface area contributed by atoms with Crippen LogP contribution in [0.5, 0.6) is 11.5 Å². The largest absolute Gasteiger partial charge is 0.493 e. The van der Waals surface area contributed by atoms with Crippen LogP contribution in [0.2, 0.25) is 0 Å². The predicted octanol–water partition coefficient (Wildman–Crippen LogP) is 2.88. The number of halogens is 1. The topological polar surface area (TPSA) is 76.7 Å². The van der Waals surface area contributed by atoms with Gasteiger partial charge in [0.2, 0.25) is 11.8 Å². The van der Waals surface area contributed by atoms with Crippen LogP contribution in [0.15, 0.2) is 42.5 Å². The maximum atomic E-state index is 13.0. The molecule has 0 spiro atoms. The summed E-state index contributed by atoms with van der Waals surface area (Å²) in [6.45, 7) is 0.269. The maximum absolute atomic E-state index is 13.0. The molecule has 0 aromatic heterocycles. The first kappa shape index (κ1) is 18.7. The van der Waals surface area contributed by atoms with E-state index < -0.39 is 5.41 Å². The molecule has 2 amide bonds. The monoisotopic (exact) mass is 372 g/mol. The fourth-order valence-corrected chi connectivity index (χ4v) is 2.81. The number of benzene rings is 2. The van der Waals surface area contributed by atoms with E-state index >= 15 is 0 Å². The predicted molar refractivity (Wildman–Crippen MR) is 98.1 cm³/mol. The van der Waals surface area contributed by atoms with Crippen LogP contribution in [0.25, 0.3) is 0 Å². The van der Waals surface area contributed by atoms with E-state index in [1.807, 2.05) is 6.07 Å². The van der Waals surface area contributed by atoms with Crippen molar-refractivity contribution in [1.82, 2.24) is 5.32 Å². The lowest BCUT2D eigenvalue weighted by molar-refractivity contribution is -0.134. The molecule has 142 valence electrons. The van der Waals surface area contributed by atoms with E-state index in [0.29, 0.717) is 30.0 Å². The Kier molecular flexibility index (Phi) is 5.30. The maximum Gasteiger partial charge on any atom is 0.240 e. The number of ether oxygens (including phenoxy) is 2. The first-order valence-corrected chi connectivity index (χ1v) is 8.55. The van der Waals surface area contributed by atoms with Gasteiger partial charge in [-0.05, 0) is 54.8 Å². The summed E-state index contributed by atoms with van der Waals surface area (Å²) in [4.78, 5) is 25.1. The van der Waals surface area contributed by atoms with Gasteiger partial charge in [0, 0.05) is 12.2 Å². The van der Waals surface area contributed by atoms with Crippen molar-refractivity contribution >= 4 is 17.5 Å². The number of amides is 2. The van der Waals surface area contributed by atoms with E-state index in [0.717, 1.165) is 5.56 Å². The Bertz CT molecular complexity index is 848. The molecule has 1 fully saturated rings. The van der Waals surface area contributed by atoms with Gasteiger partial charge >= 0.3 is 0 Å². The van der Waals surface area contributed by atoms with Crippen LogP contribution >= 0.6 is 0 Å². The molecular weight excluding hydrogens is 351 g/mol. The molecule has 2 N–H and O–H groups in total. The van der Waals surface area contributed by atoms with Gasteiger partial charge < -0.3 is 20.1 Å². The molecular formula is C20H21FN2O4. The van der Waals surface area contributed by atoms with Crippen LogP contribution in [0.4, 0.5) is 10.1 Å². The second-order valence-corrected chi connectivity index (χ2v) is 6.42. The summed E-state index contributed by atoms with van der Waals surface area (Å²) in [5.74, 6) is 0.0852. The molecule has 1 aliphatic carbocycles. The Morgan fingerprint density at radius 1 is 1.00 bits per heavy atom. The molecule has 27 heavy (non-hydrogen) atoms. The molecule has 2 aromatic carbocycles. The van der Waals surface area contributed by atoms with Crippen LogP contribution in [-0.2, 0) is 16.1 Å². The van der Waals surface area contributed by atoms with Crippen LogP contribution in [-0.4, -0.2) is 26.0 Å². The van der Waals surface area contributed by atoms with Crippen molar-refractivity contribution in [2.75, 3.05) is 19.5 Å². The first-order valence-electron chi connectivity index (χ1n) is 8.55. The number of carbonyl (C=O) groups is 2. The normalized spacial score (nSPS) is 14.2. The van der Waals surface area contributed by atoms with Crippen molar-refractivity contribution in [3.05, 3.63) is 53.8 Å². The summed E-state index contributed by atoms with van der Waals surface area (Å²) in [6.07, 6.45) is 0.968. The molecule has 1 aliphatic rings. The SMILES string of the molecule is COc1ccc(CNC(=O)C2(C(=O)Nc3ccc(F)cc3)CC2)cc1OC. The highest BCUT2D eigenvalue weighted by Crippen LogP contribution is 2.47. The quantitative estimate of drug-likeness (QED) is 0.733. The molecule has 0 bridgehead atoms. The molecule has 3 rings (SSSR count). The zero-order chi connectivity index (χ0) is 19.4. The molecule has 0 radical (unpaired) electrons. The van der Waals surface area contributed by atoms with E-state index in [2.05, 4.69) is 10.6 Å². The van der Waals surface area contributed by atoms with Crippen LogP contribution in [0, 0.1) is 11.2 Å². The zero-order valence-corrected chi connectivity index (χ0v) is 15.2. The van der Waals surface area contributed by atoms with Gasteiger partial charge in [0.15, 0.2) is 11.5 Å². The van der Waals surface area contributed by atoms with Crippen molar-refractivity contribution in [1.29, 1.82) is 0 Å². The summed E-state index contributed by atoms with van der Waals surface area (Å²) < 4.78 is 23.4. The summed E-state index contributed by atoms with van der Waals surface area (Å²) in [5, 5.41) is 5.49. The lowest BCUT2D eigenvalue weighted by Crippen LogP contribution is -2.39. The van der Waals surface area contributed by atoms with Gasteiger partial charge in [-0.3, -0.25) is 9.59 Å². The Morgan fingerprint density at radius 3 is 2.26 bits per heavy atom. The number of hydrogen-bond donors (Lipinski definition) is 2. The van der Waals surface area contributed by atoms with Gasteiger partial charge in [-0.15, -0.1) is 0 Å². The minimum absolute atomic E-state index is 0.269. The summed E-state index contributed by atoms with van der Waals surface area (Å²) in [5.41, 5.74) is 0.224. The lowest BCUT2D eigenvalue weighted by Gasteiger charge is -2.16. The fraction of sp³-hybridized carbons (Fsp3) is 0.300. The van der Waals surface area contributed by atoms with E-state index in [1.165, 1.54) is 24.3 Å². The van der Waals surface area contributed by atoms with Gasteiger partial charge in [-0.1, -0.05) is 6.07 Å². The molecule has 0 atom stereocenters. The summed E-state index contributed by atoms with van der Waals surface area (Å²) >= 11 is 0. The van der Waals surface area contributed by atoms with Crippen molar-refractivity contribution in [3.63, 3.8) is 0 Å². The summed E-state index contributed by atoms with van der Waals surface area (Å²) in [6, 6.07) is 10.8. The Morgan fingerprint density at radius 2 is 1.67 bits per heavy atom. The van der Waals surface area contributed by atoms with Crippen molar-refractivity contribution in [3.8, 4) is 11.5 Å². The smallest absolute Gasteiger partial charge is 0.240 e. The van der Waals surface area contributed by atoms with Crippen LogP contribution in [0.3, 0.4) is 0 Å². The van der Waals surface area contributed by atoms with Crippen molar-refractivity contribution in [2.45, 2.75) is 19.4 Å². The second-order valence-electron chi connectivity index (χ2n) is 6.42. The van der Waals surface area contributed by atoms with Crippen molar-refractivity contribution < 1.29 is 23.5 Å². The molecule has 2 aromatic rings. The third kappa shape index (κ3) is 4.02. The van der Waals surface area contributed by atoms with Gasteiger partial charge in [-0.2, -0.15) is 0 Å². The zero-order valence-electron chi connectivity index (χ0n) is 15.2. The fourth-order valence-electron chi connectivity index (χ4n) is 2.81. The van der Waals surface area contributed by atoms with Crippen LogP contribution in [0.1, 0.15) is 18.4 Å². The molecule has 7 heteroatoms. The molecule has 6 nitrogen and oxygen atoms in total. The van der Waals surface area contributed by atoms with Gasteiger partial charge in [0.1, 0.15) is 11.2 Å². The van der Waals surface area contributed by atoms with Crippen molar-refractivity contribution in [2.24, 2.45) is 5.41 Å². The Hall–Kier alpha value is -3.09. The third-order valence-corrected chi connectivity index (χ3v) is 4.62. The number of hydrogen-bond acceptors (Lipinski definition) is 4. The summed E-state index contributed by atoms with van der Waals surface area (Å²) in [7, 11) is 3.09. The highest BCUT2D eigenvalue weighted by Gasteiger charge is 2.56. The third-order valence-electron chi connectivity index (χ3n) is 4.62. The second kappa shape index (κ2) is 7.65. The highest BCUT2D eigenvalue weighted by atomic mass is 19.1. The minimum Gasteiger partial charge on any atom is -0.493 e. The molecule has 0 unspecified atom stereocenters. The van der Waals surface area contributed by atoms with Gasteiger partial charge in [0.05, 0.1) is 14.2 Å². The van der Waals surface area contributed by atoms with E-state index in [1.54, 1.807) is 26.4 Å². The minimum atomic E-state index is -1.06. The average Bonchev–Trinajstić information content (AvgIpc) is 3.49. The number of nitrogens with one attached hydrogen (secondary N) is 2. The molecule has 0 heterocycles. The highest BCUT2D eigenvalue weighted by molar-refractivity contribution is 6.13. The van der Waals surface area contributed by atoms with E-state index in [9.17, 15) is 14.0 Å². The standard InChI is InChI=1S/C20H21FN2O4/c1-26-16-8-3-13(11-17(16)27-2)12-22-18(24)20(9-10-20)19(25)23-15-6-4-14(21)5-7-15/h3-8,11H,9-10,12H2,1-2H3,(H,22,24)(H,23,25). The molecule has 0 saturated heterocycles. The first-order chi connectivity index (χ1) is 13.0. The van der Waals surface area contributed by atoms with Crippen LogP contribution < -0.4 is 20.1 Å². The average molecular weight is 372 g/mol.